The molecule has 0 bridgehead atoms. The molecule has 0 aliphatic rings. The number of esters is 1. The van der Waals surface area contributed by atoms with Crippen LogP contribution < -0.4 is 10.6 Å². The van der Waals surface area contributed by atoms with Crippen molar-refractivity contribution in [2.45, 2.75) is 26.9 Å². The number of hydrogen-bond acceptors (Lipinski definition) is 5. The Labute approximate surface area is 175 Å². The number of halogens is 1. The highest BCUT2D eigenvalue weighted by molar-refractivity contribution is 6.22. The average Bonchev–Trinajstić information content (AvgIpc) is 2.74. The van der Waals surface area contributed by atoms with Crippen molar-refractivity contribution >= 4 is 23.2 Å². The van der Waals surface area contributed by atoms with Gasteiger partial charge in [-0.05, 0) is 37.6 Å². The van der Waals surface area contributed by atoms with Gasteiger partial charge >= 0.3 is 5.97 Å². The Kier molecular flexibility index (Phi) is 8.29. The van der Waals surface area contributed by atoms with Crippen molar-refractivity contribution in [1.29, 1.82) is 5.41 Å². The van der Waals surface area contributed by atoms with E-state index in [1.54, 1.807) is 20.9 Å². The number of ether oxygens (including phenoxy) is 1. The van der Waals surface area contributed by atoms with Gasteiger partial charge in [0.25, 0.3) is 5.91 Å². The number of nitrogens with one attached hydrogen (secondary N) is 3. The van der Waals surface area contributed by atoms with Crippen molar-refractivity contribution in [3.8, 4) is 0 Å². The van der Waals surface area contributed by atoms with Gasteiger partial charge in [0.2, 0.25) is 0 Å². The Morgan fingerprint density at radius 1 is 1.10 bits per heavy atom. The molecule has 0 unspecified atom stereocenters. The molecule has 0 heterocycles. The summed E-state index contributed by atoms with van der Waals surface area (Å²) in [6, 6.07) is 13.3. The molecule has 3 N–H and O–H groups in total. The summed E-state index contributed by atoms with van der Waals surface area (Å²) in [6.07, 6.45) is 0.0241. The Bertz CT molecular complexity index is 955. The van der Waals surface area contributed by atoms with Gasteiger partial charge in [-0.15, -0.1) is 0 Å². The summed E-state index contributed by atoms with van der Waals surface area (Å²) in [6.45, 7) is 3.57. The van der Waals surface area contributed by atoms with Gasteiger partial charge in [0.15, 0.2) is 0 Å². The lowest BCUT2D eigenvalue weighted by atomic mass is 9.97. The second-order valence-electron chi connectivity index (χ2n) is 6.72. The number of benzene rings is 2. The SMILES string of the molecule is CN/C(C)=C(\C(C)=N)c1cc(C(=O)NCCC(=O)OCc2ccccc2)ccc1F. The second kappa shape index (κ2) is 10.9. The lowest BCUT2D eigenvalue weighted by Crippen LogP contribution is -2.26. The largest absolute Gasteiger partial charge is 0.461 e. The molecule has 0 aliphatic heterocycles. The summed E-state index contributed by atoms with van der Waals surface area (Å²) in [5, 5.41) is 13.5. The molecule has 30 heavy (non-hydrogen) atoms. The highest BCUT2D eigenvalue weighted by Gasteiger charge is 2.16. The Morgan fingerprint density at radius 2 is 1.80 bits per heavy atom. The molecule has 0 radical (unpaired) electrons. The molecule has 2 rings (SSSR count). The summed E-state index contributed by atoms with van der Waals surface area (Å²) < 4.78 is 19.5. The first-order valence-corrected chi connectivity index (χ1v) is 9.55. The molecular weight excluding hydrogens is 385 g/mol. The lowest BCUT2D eigenvalue weighted by Gasteiger charge is -2.14. The molecule has 0 atom stereocenters. The van der Waals surface area contributed by atoms with Crippen LogP contribution in [0.3, 0.4) is 0 Å². The Hall–Kier alpha value is -3.48. The van der Waals surface area contributed by atoms with E-state index < -0.39 is 17.7 Å². The fourth-order valence-corrected chi connectivity index (χ4v) is 2.86. The van der Waals surface area contributed by atoms with E-state index in [4.69, 9.17) is 10.1 Å². The van der Waals surface area contributed by atoms with Crippen molar-refractivity contribution < 1.29 is 18.7 Å². The number of carbonyl (C=O) groups is 2. The summed E-state index contributed by atoms with van der Waals surface area (Å²) >= 11 is 0. The molecule has 0 aliphatic carbocycles. The second-order valence-corrected chi connectivity index (χ2v) is 6.72. The van der Waals surface area contributed by atoms with Crippen LogP contribution in [0.1, 0.15) is 41.8 Å². The van der Waals surface area contributed by atoms with Crippen LogP contribution in [0.5, 0.6) is 0 Å². The number of rotatable bonds is 9. The minimum absolute atomic E-state index is 0.0241. The van der Waals surface area contributed by atoms with Crippen molar-refractivity contribution in [2.75, 3.05) is 13.6 Å². The number of amides is 1. The highest BCUT2D eigenvalue weighted by Crippen LogP contribution is 2.23. The maximum atomic E-state index is 14.4. The van der Waals surface area contributed by atoms with Crippen LogP contribution in [0, 0.1) is 11.2 Å². The van der Waals surface area contributed by atoms with Gasteiger partial charge in [-0.3, -0.25) is 9.59 Å². The van der Waals surface area contributed by atoms with Crippen molar-refractivity contribution in [3.05, 3.63) is 76.7 Å². The summed E-state index contributed by atoms with van der Waals surface area (Å²) in [5.41, 5.74) is 2.50. The van der Waals surface area contributed by atoms with Crippen LogP contribution in [0.2, 0.25) is 0 Å². The molecule has 158 valence electrons. The zero-order valence-corrected chi connectivity index (χ0v) is 17.3. The molecule has 0 saturated heterocycles. The normalized spacial score (nSPS) is 11.3. The third-order valence-electron chi connectivity index (χ3n) is 4.48. The van der Waals surface area contributed by atoms with Crippen LogP contribution >= 0.6 is 0 Å². The monoisotopic (exact) mass is 411 g/mol. The number of allylic oxidation sites excluding steroid dienone is 2. The van der Waals surface area contributed by atoms with Gasteiger partial charge in [0.05, 0.1) is 6.42 Å². The Morgan fingerprint density at radius 3 is 2.43 bits per heavy atom. The quantitative estimate of drug-likeness (QED) is 0.434. The first-order valence-electron chi connectivity index (χ1n) is 9.55. The molecule has 2 aromatic carbocycles. The first-order chi connectivity index (χ1) is 14.3. The average molecular weight is 411 g/mol. The summed E-state index contributed by atoms with van der Waals surface area (Å²) in [4.78, 5) is 24.3. The van der Waals surface area contributed by atoms with Crippen molar-refractivity contribution in [2.24, 2.45) is 0 Å². The fourth-order valence-electron chi connectivity index (χ4n) is 2.86. The molecule has 1 amide bonds. The molecule has 0 fully saturated rings. The minimum atomic E-state index is -0.521. The van der Waals surface area contributed by atoms with Crippen LogP contribution in [0.25, 0.3) is 5.57 Å². The standard InChI is InChI=1S/C23H26FN3O3/c1-15(25)22(16(2)26-3)19-13-18(9-10-20(19)24)23(29)27-12-11-21(28)30-14-17-7-5-4-6-8-17/h4-10,13,25-26H,11-12,14H2,1-3H3,(H,27,29)/b22-16+,25-15?. The van der Waals surface area contributed by atoms with E-state index in [2.05, 4.69) is 10.6 Å². The zero-order chi connectivity index (χ0) is 22.1. The van der Waals surface area contributed by atoms with Gasteiger partial charge in [-0.25, -0.2) is 4.39 Å². The lowest BCUT2D eigenvalue weighted by molar-refractivity contribution is -0.144. The summed E-state index contributed by atoms with van der Waals surface area (Å²) in [5.74, 6) is -1.38. The van der Waals surface area contributed by atoms with Gasteiger partial charge in [0, 0.05) is 41.7 Å². The van der Waals surface area contributed by atoms with Gasteiger partial charge in [0.1, 0.15) is 12.4 Å². The van der Waals surface area contributed by atoms with E-state index in [9.17, 15) is 14.0 Å². The molecule has 6 nitrogen and oxygen atoms in total. The fraction of sp³-hybridized carbons (Fsp3) is 0.261. The molecule has 0 aromatic heterocycles. The zero-order valence-electron chi connectivity index (χ0n) is 17.3. The minimum Gasteiger partial charge on any atom is -0.461 e. The molecule has 0 spiro atoms. The summed E-state index contributed by atoms with van der Waals surface area (Å²) in [7, 11) is 1.68. The van der Waals surface area contributed by atoms with E-state index in [1.165, 1.54) is 18.2 Å². The highest BCUT2D eigenvalue weighted by atomic mass is 19.1. The van der Waals surface area contributed by atoms with Crippen molar-refractivity contribution in [1.82, 2.24) is 10.6 Å². The van der Waals surface area contributed by atoms with Gasteiger partial charge in [-0.1, -0.05) is 30.3 Å². The smallest absolute Gasteiger partial charge is 0.307 e. The predicted molar refractivity (Wildman–Crippen MR) is 115 cm³/mol. The van der Waals surface area contributed by atoms with Crippen LogP contribution in [0.15, 0.2) is 54.2 Å². The van der Waals surface area contributed by atoms with E-state index in [0.29, 0.717) is 11.3 Å². The van der Waals surface area contributed by atoms with Crippen LogP contribution in [0.4, 0.5) is 4.39 Å². The third kappa shape index (κ3) is 6.27. The molecular formula is C23H26FN3O3. The Balaban J connectivity index is 1.97. The van der Waals surface area contributed by atoms with Crippen LogP contribution in [-0.2, 0) is 16.1 Å². The molecule has 2 aromatic rings. The number of carbonyl (C=O) groups excluding carboxylic acids is 2. The van der Waals surface area contributed by atoms with E-state index in [0.717, 1.165) is 5.56 Å². The van der Waals surface area contributed by atoms with Crippen LogP contribution in [-0.4, -0.2) is 31.2 Å². The number of hydrogen-bond donors (Lipinski definition) is 3. The topological polar surface area (TPSA) is 91.3 Å². The van der Waals surface area contributed by atoms with Gasteiger partial charge < -0.3 is 20.8 Å². The van der Waals surface area contributed by atoms with Gasteiger partial charge in [-0.2, -0.15) is 0 Å². The van der Waals surface area contributed by atoms with E-state index in [-0.39, 0.29) is 36.4 Å². The van der Waals surface area contributed by atoms with Crippen molar-refractivity contribution in [3.63, 3.8) is 0 Å². The van der Waals surface area contributed by atoms with E-state index in [1.807, 2.05) is 30.3 Å². The molecule has 0 saturated carbocycles. The predicted octanol–water partition coefficient (Wildman–Crippen LogP) is 3.68. The maximum absolute atomic E-state index is 14.4. The maximum Gasteiger partial charge on any atom is 0.307 e. The first kappa shape index (κ1) is 22.8. The van der Waals surface area contributed by atoms with E-state index >= 15 is 0 Å². The molecule has 7 heteroatoms. The third-order valence-corrected chi connectivity index (χ3v) is 4.48.